The van der Waals surface area contributed by atoms with Crippen molar-refractivity contribution in [1.82, 2.24) is 5.32 Å². The number of rotatable bonds is 5. The van der Waals surface area contributed by atoms with Gasteiger partial charge in [0.05, 0.1) is 0 Å². The molecule has 0 atom stereocenters. The van der Waals surface area contributed by atoms with Gasteiger partial charge in [0, 0.05) is 19.0 Å². The molecule has 0 unspecified atom stereocenters. The van der Waals surface area contributed by atoms with Crippen molar-refractivity contribution in [2.24, 2.45) is 11.3 Å². The van der Waals surface area contributed by atoms with Crippen LogP contribution in [0.25, 0.3) is 0 Å². The molecule has 1 aliphatic rings. The lowest BCUT2D eigenvalue weighted by Crippen LogP contribution is -2.37. The van der Waals surface area contributed by atoms with Crippen LogP contribution in [0.5, 0.6) is 0 Å². The quantitative estimate of drug-likeness (QED) is 0.552. The second-order valence-corrected chi connectivity index (χ2v) is 5.80. The molecular weight excluding hydrogens is 194 g/mol. The first kappa shape index (κ1) is 13.6. The van der Waals surface area contributed by atoms with Gasteiger partial charge < -0.3 is 5.32 Å². The molecule has 0 aromatic carbocycles. The van der Waals surface area contributed by atoms with Gasteiger partial charge in [-0.1, -0.05) is 27.2 Å². The van der Waals surface area contributed by atoms with E-state index in [2.05, 4.69) is 32.0 Å². The summed E-state index contributed by atoms with van der Waals surface area (Å²) in [5.41, 5.74) is 0.532. The largest absolute Gasteiger partial charge is 0.313 e. The van der Waals surface area contributed by atoms with Crippen LogP contribution in [0.3, 0.4) is 0 Å². The zero-order chi connectivity index (χ0) is 12.0. The topological polar surface area (TPSA) is 12.0 Å². The predicted molar refractivity (Wildman–Crippen MR) is 71.3 cm³/mol. The van der Waals surface area contributed by atoms with Crippen molar-refractivity contribution in [1.29, 1.82) is 0 Å². The Hall–Kier alpha value is -0.480. The monoisotopic (exact) mass is 221 g/mol. The van der Waals surface area contributed by atoms with E-state index in [4.69, 9.17) is 6.42 Å². The first-order chi connectivity index (χ1) is 7.60. The van der Waals surface area contributed by atoms with Gasteiger partial charge in [0.2, 0.25) is 0 Å². The van der Waals surface area contributed by atoms with Crippen LogP contribution < -0.4 is 5.32 Å². The van der Waals surface area contributed by atoms with Crippen LogP contribution in [-0.4, -0.2) is 12.6 Å². The third-order valence-electron chi connectivity index (χ3n) is 4.45. The molecule has 92 valence electrons. The molecule has 1 fully saturated rings. The summed E-state index contributed by atoms with van der Waals surface area (Å²) in [6.07, 6.45) is 12.8. The van der Waals surface area contributed by atoms with E-state index < -0.39 is 0 Å². The summed E-state index contributed by atoms with van der Waals surface area (Å²) < 4.78 is 0. The van der Waals surface area contributed by atoms with Crippen molar-refractivity contribution >= 4 is 0 Å². The lowest BCUT2D eigenvalue weighted by Gasteiger charge is -2.39. The fourth-order valence-electron chi connectivity index (χ4n) is 2.72. The molecule has 0 spiro atoms. The summed E-state index contributed by atoms with van der Waals surface area (Å²) in [6.45, 7) is 8.15. The molecule has 1 rings (SSSR count). The molecule has 16 heavy (non-hydrogen) atoms. The SMILES string of the molecule is C#CCCNC1CCC(C(C)(C)CC)CC1. The Morgan fingerprint density at radius 2 is 1.88 bits per heavy atom. The fraction of sp³-hybridized carbons (Fsp3) is 0.867. The lowest BCUT2D eigenvalue weighted by atomic mass is 9.69. The van der Waals surface area contributed by atoms with Crippen molar-refractivity contribution in [2.75, 3.05) is 6.54 Å². The maximum atomic E-state index is 5.25. The Morgan fingerprint density at radius 3 is 2.38 bits per heavy atom. The summed E-state index contributed by atoms with van der Waals surface area (Å²) in [4.78, 5) is 0. The van der Waals surface area contributed by atoms with E-state index in [-0.39, 0.29) is 0 Å². The van der Waals surface area contributed by atoms with Crippen LogP contribution in [0, 0.1) is 23.7 Å². The summed E-state index contributed by atoms with van der Waals surface area (Å²) >= 11 is 0. The summed E-state index contributed by atoms with van der Waals surface area (Å²) in [7, 11) is 0. The van der Waals surface area contributed by atoms with Crippen molar-refractivity contribution in [3.05, 3.63) is 0 Å². The highest BCUT2D eigenvalue weighted by Gasteiger charge is 2.31. The highest BCUT2D eigenvalue weighted by atomic mass is 14.9. The second-order valence-electron chi connectivity index (χ2n) is 5.80. The van der Waals surface area contributed by atoms with Gasteiger partial charge in [0.25, 0.3) is 0 Å². The standard InChI is InChI=1S/C15H27N/c1-5-7-12-16-14-10-8-13(9-11-14)15(3,4)6-2/h1,13-14,16H,6-12H2,2-4H3. The lowest BCUT2D eigenvalue weighted by molar-refractivity contribution is 0.137. The van der Waals surface area contributed by atoms with Gasteiger partial charge in [-0.15, -0.1) is 12.3 Å². The van der Waals surface area contributed by atoms with E-state index in [1.54, 1.807) is 0 Å². The van der Waals surface area contributed by atoms with Crippen molar-refractivity contribution in [3.63, 3.8) is 0 Å². The molecule has 0 aromatic heterocycles. The smallest absolute Gasteiger partial charge is 0.0211 e. The maximum absolute atomic E-state index is 5.25. The van der Waals surface area contributed by atoms with Crippen LogP contribution in [0.1, 0.15) is 59.3 Å². The minimum Gasteiger partial charge on any atom is -0.313 e. The summed E-state index contributed by atoms with van der Waals surface area (Å²) in [5, 5.41) is 3.57. The number of hydrogen-bond donors (Lipinski definition) is 1. The van der Waals surface area contributed by atoms with E-state index in [0.29, 0.717) is 5.41 Å². The molecule has 0 amide bonds. The van der Waals surface area contributed by atoms with Gasteiger partial charge >= 0.3 is 0 Å². The van der Waals surface area contributed by atoms with Crippen LogP contribution in [0.15, 0.2) is 0 Å². The van der Waals surface area contributed by atoms with E-state index in [9.17, 15) is 0 Å². The fourth-order valence-corrected chi connectivity index (χ4v) is 2.72. The molecule has 0 radical (unpaired) electrons. The van der Waals surface area contributed by atoms with Crippen molar-refractivity contribution in [2.45, 2.75) is 65.3 Å². The molecule has 1 heteroatoms. The molecule has 1 saturated carbocycles. The van der Waals surface area contributed by atoms with Crippen LogP contribution in [-0.2, 0) is 0 Å². The Kier molecular flexibility index (Phi) is 5.35. The molecule has 0 aliphatic heterocycles. The number of terminal acetylenes is 1. The highest BCUT2D eigenvalue weighted by Crippen LogP contribution is 2.40. The van der Waals surface area contributed by atoms with Crippen LogP contribution in [0.4, 0.5) is 0 Å². The number of nitrogens with one attached hydrogen (secondary N) is 1. The van der Waals surface area contributed by atoms with Crippen LogP contribution >= 0.6 is 0 Å². The van der Waals surface area contributed by atoms with E-state index in [1.807, 2.05) is 0 Å². The minimum absolute atomic E-state index is 0.532. The molecular formula is C15H27N. The van der Waals surface area contributed by atoms with E-state index in [0.717, 1.165) is 24.9 Å². The van der Waals surface area contributed by atoms with Gasteiger partial charge in [-0.05, 0) is 37.0 Å². The third-order valence-corrected chi connectivity index (χ3v) is 4.45. The van der Waals surface area contributed by atoms with Gasteiger partial charge in [-0.2, -0.15) is 0 Å². The van der Waals surface area contributed by atoms with E-state index >= 15 is 0 Å². The maximum Gasteiger partial charge on any atom is 0.0211 e. The number of hydrogen-bond acceptors (Lipinski definition) is 1. The molecule has 1 nitrogen and oxygen atoms in total. The zero-order valence-corrected chi connectivity index (χ0v) is 11.2. The van der Waals surface area contributed by atoms with Gasteiger partial charge in [0.15, 0.2) is 0 Å². The van der Waals surface area contributed by atoms with Crippen molar-refractivity contribution < 1.29 is 0 Å². The summed E-state index contributed by atoms with van der Waals surface area (Å²) in [6, 6.07) is 0.720. The zero-order valence-electron chi connectivity index (χ0n) is 11.2. The Morgan fingerprint density at radius 1 is 1.25 bits per heavy atom. The van der Waals surface area contributed by atoms with Gasteiger partial charge in [0.1, 0.15) is 0 Å². The minimum atomic E-state index is 0.532. The normalized spacial score (nSPS) is 26.4. The Bertz CT molecular complexity index is 228. The van der Waals surface area contributed by atoms with Crippen molar-refractivity contribution in [3.8, 4) is 12.3 Å². The molecule has 0 aromatic rings. The third kappa shape index (κ3) is 3.83. The molecule has 0 saturated heterocycles. The first-order valence-electron chi connectivity index (χ1n) is 6.77. The van der Waals surface area contributed by atoms with Crippen LogP contribution in [0.2, 0.25) is 0 Å². The highest BCUT2D eigenvalue weighted by molar-refractivity contribution is 4.87. The van der Waals surface area contributed by atoms with E-state index in [1.165, 1.54) is 32.1 Å². The molecule has 1 N–H and O–H groups in total. The average Bonchev–Trinajstić information content (AvgIpc) is 2.30. The predicted octanol–water partition coefficient (Wildman–Crippen LogP) is 3.59. The second kappa shape index (κ2) is 6.30. The Labute approximate surface area is 101 Å². The van der Waals surface area contributed by atoms with Gasteiger partial charge in [-0.25, -0.2) is 0 Å². The molecule has 1 aliphatic carbocycles. The summed E-state index contributed by atoms with van der Waals surface area (Å²) in [5.74, 6) is 3.61. The molecule has 0 bridgehead atoms. The Balaban J connectivity index is 2.26. The average molecular weight is 221 g/mol. The van der Waals surface area contributed by atoms with Gasteiger partial charge in [-0.3, -0.25) is 0 Å². The first-order valence-corrected chi connectivity index (χ1v) is 6.77. The molecule has 0 heterocycles.